The molecular weight excluding hydrogens is 288 g/mol. The number of halogens is 1. The molecule has 0 aliphatic carbocycles. The van der Waals surface area contributed by atoms with E-state index >= 15 is 0 Å². The van der Waals surface area contributed by atoms with Gasteiger partial charge in [-0.25, -0.2) is 0 Å². The fourth-order valence-electron chi connectivity index (χ4n) is 1.99. The molecule has 118 valence electrons. The Morgan fingerprint density at radius 1 is 1.19 bits per heavy atom. The number of nitrogens with two attached hydrogens (primary N) is 1. The molecule has 0 radical (unpaired) electrons. The number of nitrogens with one attached hydrogen (secondary N) is 1. The van der Waals surface area contributed by atoms with Gasteiger partial charge in [-0.2, -0.15) is 0 Å². The van der Waals surface area contributed by atoms with Gasteiger partial charge >= 0.3 is 0 Å². The molecule has 0 heterocycles. The van der Waals surface area contributed by atoms with Gasteiger partial charge in [0.05, 0.1) is 0 Å². The lowest BCUT2D eigenvalue weighted by Gasteiger charge is -2.16. The Bertz CT molecular complexity index is 424. The van der Waals surface area contributed by atoms with Crippen molar-refractivity contribution in [2.45, 2.75) is 45.1 Å². The lowest BCUT2D eigenvalue weighted by Crippen LogP contribution is -2.40. The number of carbonyl (C=O) groups excluding carboxylic acids is 2. The number of hydrogen-bond acceptors (Lipinski definition) is 3. The largest absolute Gasteiger partial charge is 0.352 e. The normalized spacial score (nSPS) is 11.3. The van der Waals surface area contributed by atoms with Gasteiger partial charge in [-0.1, -0.05) is 50.1 Å². The topological polar surface area (TPSA) is 72.2 Å². The van der Waals surface area contributed by atoms with Crippen LogP contribution in [0.3, 0.4) is 0 Å². The van der Waals surface area contributed by atoms with Crippen molar-refractivity contribution < 1.29 is 9.59 Å². The average molecular weight is 313 g/mol. The minimum Gasteiger partial charge on any atom is -0.352 e. The fraction of sp³-hybridized carbons (Fsp3) is 0.500. The van der Waals surface area contributed by atoms with Crippen LogP contribution in [0.1, 0.15) is 49.4 Å². The predicted octanol–water partition coefficient (Wildman–Crippen LogP) is 2.71. The number of amides is 1. The minimum atomic E-state index is -0.0964. The summed E-state index contributed by atoms with van der Waals surface area (Å²) in [4.78, 5) is 23.7. The SMILES string of the molecule is CCCCC(CN)NC(=O)CCC(=O)c1ccccc1.Cl. The molecule has 0 saturated carbocycles. The van der Waals surface area contributed by atoms with Gasteiger partial charge in [0.2, 0.25) is 5.91 Å². The minimum absolute atomic E-state index is 0. The van der Waals surface area contributed by atoms with E-state index in [-0.39, 0.29) is 43.0 Å². The van der Waals surface area contributed by atoms with E-state index in [1.807, 2.05) is 18.2 Å². The molecule has 21 heavy (non-hydrogen) atoms. The van der Waals surface area contributed by atoms with Gasteiger partial charge in [0, 0.05) is 31.0 Å². The van der Waals surface area contributed by atoms with Crippen molar-refractivity contribution in [1.82, 2.24) is 5.32 Å². The van der Waals surface area contributed by atoms with E-state index in [0.29, 0.717) is 12.1 Å². The molecule has 3 N–H and O–H groups in total. The van der Waals surface area contributed by atoms with Gasteiger partial charge in [-0.3, -0.25) is 9.59 Å². The van der Waals surface area contributed by atoms with Crippen LogP contribution in [0, 0.1) is 0 Å². The van der Waals surface area contributed by atoms with Crippen molar-refractivity contribution in [2.24, 2.45) is 5.73 Å². The molecule has 1 amide bonds. The van der Waals surface area contributed by atoms with E-state index in [1.165, 1.54) is 0 Å². The summed E-state index contributed by atoms with van der Waals surface area (Å²) in [7, 11) is 0. The summed E-state index contributed by atoms with van der Waals surface area (Å²) in [6, 6.07) is 9.07. The first kappa shape index (κ1) is 19.6. The summed E-state index contributed by atoms with van der Waals surface area (Å²) in [5, 5.41) is 2.89. The predicted molar refractivity (Wildman–Crippen MR) is 87.8 cm³/mol. The second-order valence-electron chi connectivity index (χ2n) is 4.93. The van der Waals surface area contributed by atoms with Crippen LogP contribution in [0.15, 0.2) is 30.3 Å². The Morgan fingerprint density at radius 2 is 1.86 bits per heavy atom. The highest BCUT2D eigenvalue weighted by atomic mass is 35.5. The first-order valence-corrected chi connectivity index (χ1v) is 7.25. The maximum absolute atomic E-state index is 11.9. The molecule has 0 aliphatic rings. The van der Waals surface area contributed by atoms with E-state index in [9.17, 15) is 9.59 Å². The monoisotopic (exact) mass is 312 g/mol. The molecule has 1 aromatic rings. The number of carbonyl (C=O) groups is 2. The third-order valence-electron chi connectivity index (χ3n) is 3.23. The zero-order valence-corrected chi connectivity index (χ0v) is 13.3. The van der Waals surface area contributed by atoms with Crippen LogP contribution in [0.25, 0.3) is 0 Å². The second kappa shape index (κ2) is 11.3. The maximum atomic E-state index is 11.9. The molecule has 0 spiro atoms. The third kappa shape index (κ3) is 7.83. The summed E-state index contributed by atoms with van der Waals surface area (Å²) in [5.41, 5.74) is 6.28. The molecule has 1 rings (SSSR count). The fourth-order valence-corrected chi connectivity index (χ4v) is 1.99. The standard InChI is InChI=1S/C16H24N2O2.ClH/c1-2-3-9-14(12-17)18-16(20)11-10-15(19)13-7-5-4-6-8-13;/h4-8,14H,2-3,9-12,17H2,1H3,(H,18,20);1H. The summed E-state index contributed by atoms with van der Waals surface area (Å²) in [6.45, 7) is 2.55. The highest BCUT2D eigenvalue weighted by Crippen LogP contribution is 2.06. The highest BCUT2D eigenvalue weighted by molar-refractivity contribution is 5.97. The van der Waals surface area contributed by atoms with Crippen molar-refractivity contribution in [3.05, 3.63) is 35.9 Å². The lowest BCUT2D eigenvalue weighted by molar-refractivity contribution is -0.121. The third-order valence-corrected chi connectivity index (χ3v) is 3.23. The number of rotatable bonds is 9. The second-order valence-corrected chi connectivity index (χ2v) is 4.93. The van der Waals surface area contributed by atoms with Gasteiger partial charge in [-0.05, 0) is 6.42 Å². The molecule has 0 bridgehead atoms. The van der Waals surface area contributed by atoms with Gasteiger partial charge in [0.15, 0.2) is 5.78 Å². The summed E-state index contributed by atoms with van der Waals surface area (Å²) in [5.74, 6) is -0.0977. The lowest BCUT2D eigenvalue weighted by atomic mass is 10.1. The number of unbranched alkanes of at least 4 members (excludes halogenated alkanes) is 1. The van der Waals surface area contributed by atoms with Gasteiger partial charge in [0.1, 0.15) is 0 Å². The van der Waals surface area contributed by atoms with E-state index in [1.54, 1.807) is 12.1 Å². The first-order valence-electron chi connectivity index (χ1n) is 7.25. The Morgan fingerprint density at radius 3 is 2.43 bits per heavy atom. The van der Waals surface area contributed by atoms with Crippen LogP contribution in [-0.4, -0.2) is 24.3 Å². The van der Waals surface area contributed by atoms with Crippen molar-refractivity contribution in [1.29, 1.82) is 0 Å². The average Bonchev–Trinajstić information content (AvgIpc) is 2.49. The van der Waals surface area contributed by atoms with Gasteiger partial charge in [0.25, 0.3) is 0 Å². The molecule has 1 atom stereocenters. The molecule has 4 nitrogen and oxygen atoms in total. The molecule has 0 aromatic heterocycles. The van der Waals surface area contributed by atoms with Crippen molar-refractivity contribution in [3.63, 3.8) is 0 Å². The Hall–Kier alpha value is -1.39. The molecule has 1 unspecified atom stereocenters. The smallest absolute Gasteiger partial charge is 0.220 e. The van der Waals surface area contributed by atoms with Crippen LogP contribution in [0.5, 0.6) is 0 Å². The number of hydrogen-bond donors (Lipinski definition) is 2. The zero-order chi connectivity index (χ0) is 14.8. The highest BCUT2D eigenvalue weighted by Gasteiger charge is 2.12. The zero-order valence-electron chi connectivity index (χ0n) is 12.5. The first-order chi connectivity index (χ1) is 9.67. The number of benzene rings is 1. The molecule has 1 aromatic carbocycles. The molecule has 5 heteroatoms. The van der Waals surface area contributed by atoms with E-state index < -0.39 is 0 Å². The van der Waals surface area contributed by atoms with Crippen molar-refractivity contribution in [3.8, 4) is 0 Å². The van der Waals surface area contributed by atoms with Gasteiger partial charge < -0.3 is 11.1 Å². The maximum Gasteiger partial charge on any atom is 0.220 e. The number of ketones is 1. The van der Waals surface area contributed by atoms with Crippen LogP contribution in [-0.2, 0) is 4.79 Å². The molecule has 0 fully saturated rings. The van der Waals surface area contributed by atoms with Crippen LogP contribution >= 0.6 is 12.4 Å². The van der Waals surface area contributed by atoms with Gasteiger partial charge in [-0.15, -0.1) is 12.4 Å². The summed E-state index contributed by atoms with van der Waals surface area (Å²) in [6.07, 6.45) is 3.48. The molecular formula is C16H25ClN2O2. The summed E-state index contributed by atoms with van der Waals surface area (Å²) >= 11 is 0. The molecule has 0 saturated heterocycles. The quantitative estimate of drug-likeness (QED) is 0.689. The number of Topliss-reactive ketones (excluding diaryl/α,β-unsaturated/α-hetero) is 1. The van der Waals surface area contributed by atoms with E-state index in [0.717, 1.165) is 19.3 Å². The Balaban J connectivity index is 0.00000400. The Kier molecular flexibility index (Phi) is 10.5. The molecule has 0 aliphatic heterocycles. The van der Waals surface area contributed by atoms with Crippen LogP contribution < -0.4 is 11.1 Å². The summed E-state index contributed by atoms with van der Waals surface area (Å²) < 4.78 is 0. The Labute approximate surface area is 132 Å². The van der Waals surface area contributed by atoms with Crippen LogP contribution in [0.4, 0.5) is 0 Å². The van der Waals surface area contributed by atoms with Crippen molar-refractivity contribution >= 4 is 24.1 Å². The van der Waals surface area contributed by atoms with E-state index in [4.69, 9.17) is 5.73 Å². The van der Waals surface area contributed by atoms with Crippen LogP contribution in [0.2, 0.25) is 0 Å². The van der Waals surface area contributed by atoms with E-state index in [2.05, 4.69) is 12.2 Å². The van der Waals surface area contributed by atoms with Crippen molar-refractivity contribution in [2.75, 3.05) is 6.54 Å².